The molecule has 24 heteroatoms. The highest BCUT2D eigenvalue weighted by atomic mass is 16.4. The summed E-state index contributed by atoms with van der Waals surface area (Å²) in [6, 6.07) is -1.59. The van der Waals surface area contributed by atoms with Gasteiger partial charge in [-0.3, -0.25) is 42.9 Å². The molecule has 0 radical (unpaired) electrons. The summed E-state index contributed by atoms with van der Waals surface area (Å²) in [6.07, 6.45) is 3.34. The summed E-state index contributed by atoms with van der Waals surface area (Å²) in [5, 5.41) is 35.9. The first-order chi connectivity index (χ1) is 36.0. The molecule has 76 heavy (non-hydrogen) atoms. The van der Waals surface area contributed by atoms with Crippen molar-refractivity contribution in [2.24, 2.45) is 17.8 Å². The Morgan fingerprint density at radius 1 is 0.776 bits per heavy atom. The van der Waals surface area contributed by atoms with Crippen LogP contribution in [-0.4, -0.2) is 138 Å². The van der Waals surface area contributed by atoms with Crippen LogP contribution in [0.15, 0.2) is 36.8 Å². The lowest BCUT2D eigenvalue weighted by molar-refractivity contribution is -0.141. The molecule has 7 bridgehead atoms. The van der Waals surface area contributed by atoms with E-state index in [1.54, 1.807) is 36.7 Å². The molecule has 8 rings (SSSR count). The smallest absolute Gasteiger partial charge is 0.326 e. The second-order valence-electron chi connectivity index (χ2n) is 21.1. The predicted octanol–water partition coefficient (Wildman–Crippen LogP) is 0.595. The predicted molar refractivity (Wildman–Crippen MR) is 277 cm³/mol. The van der Waals surface area contributed by atoms with Crippen LogP contribution in [0.5, 0.6) is 0 Å². The van der Waals surface area contributed by atoms with E-state index in [9.17, 15) is 43.5 Å². The minimum absolute atomic E-state index is 0.0233. The molecule has 0 spiro atoms. The summed E-state index contributed by atoms with van der Waals surface area (Å²) in [7, 11) is 0. The maximum absolute atomic E-state index is 15.0. The van der Waals surface area contributed by atoms with Gasteiger partial charge in [-0.1, -0.05) is 53.7 Å². The van der Waals surface area contributed by atoms with Crippen LogP contribution in [0.1, 0.15) is 108 Å². The van der Waals surface area contributed by atoms with Gasteiger partial charge in [-0.05, 0) is 75.0 Å². The van der Waals surface area contributed by atoms with Gasteiger partial charge in [0, 0.05) is 65.8 Å². The van der Waals surface area contributed by atoms with E-state index in [-0.39, 0.29) is 74.9 Å². The van der Waals surface area contributed by atoms with Crippen molar-refractivity contribution in [1.29, 1.82) is 0 Å². The molecular formula is C52H70N14O10. The average Bonchev–Trinajstić information content (AvgIpc) is 4.11. The molecule has 0 saturated carbocycles. The van der Waals surface area contributed by atoms with Gasteiger partial charge in [0.2, 0.25) is 53.2 Å². The van der Waals surface area contributed by atoms with Gasteiger partial charge in [0.1, 0.15) is 54.4 Å². The van der Waals surface area contributed by atoms with E-state index in [1.807, 2.05) is 53.7 Å². The maximum atomic E-state index is 15.0. The van der Waals surface area contributed by atoms with Crippen LogP contribution in [0.4, 0.5) is 5.95 Å². The van der Waals surface area contributed by atoms with Gasteiger partial charge in [-0.15, -0.1) is 0 Å². The van der Waals surface area contributed by atoms with Crippen LogP contribution in [0.3, 0.4) is 0 Å². The number of aliphatic carboxylic acids is 1. The Balaban J connectivity index is 1.37. The summed E-state index contributed by atoms with van der Waals surface area (Å²) >= 11 is 0. The number of nitrogens with zero attached hydrogens (tertiary/aromatic N) is 4. The number of amides is 8. The number of hydrogen-bond acceptors (Lipinski definition) is 13. The third-order valence-electron chi connectivity index (χ3n) is 13.8. The van der Waals surface area contributed by atoms with E-state index in [4.69, 9.17) is 0 Å². The van der Waals surface area contributed by atoms with Crippen molar-refractivity contribution in [3.8, 4) is 5.82 Å². The lowest BCUT2D eigenvalue weighted by Gasteiger charge is -2.33. The fourth-order valence-electron chi connectivity index (χ4n) is 10.1. The molecular weight excluding hydrogens is 981 g/mol. The minimum Gasteiger partial charge on any atom is -0.480 e. The van der Waals surface area contributed by atoms with Crippen molar-refractivity contribution < 1.29 is 48.3 Å². The highest BCUT2D eigenvalue weighted by Gasteiger charge is 2.40. The van der Waals surface area contributed by atoms with Gasteiger partial charge < -0.3 is 57.9 Å². The monoisotopic (exact) mass is 1050 g/mol. The van der Waals surface area contributed by atoms with Crippen molar-refractivity contribution in [2.45, 2.75) is 149 Å². The summed E-state index contributed by atoms with van der Waals surface area (Å²) in [5.41, 5.74) is 3.32. The first kappa shape index (κ1) is 55.8. The molecule has 4 aliphatic rings. The fourth-order valence-corrected chi connectivity index (χ4v) is 10.1. The summed E-state index contributed by atoms with van der Waals surface area (Å²) in [4.78, 5) is 142. The van der Waals surface area contributed by atoms with Crippen molar-refractivity contribution in [2.75, 3.05) is 18.4 Å². The van der Waals surface area contributed by atoms with Gasteiger partial charge in [-0.2, -0.15) is 0 Å². The van der Waals surface area contributed by atoms with Gasteiger partial charge in [0.05, 0.1) is 12.2 Å². The summed E-state index contributed by atoms with van der Waals surface area (Å²) < 4.78 is 1.59. The van der Waals surface area contributed by atoms with Crippen molar-refractivity contribution in [3.63, 3.8) is 0 Å². The number of carboxylic acids is 1. The van der Waals surface area contributed by atoms with E-state index in [1.165, 1.54) is 6.33 Å². The molecule has 1 fully saturated rings. The molecule has 0 aliphatic carbocycles. The van der Waals surface area contributed by atoms with Crippen molar-refractivity contribution in [1.82, 2.24) is 67.0 Å². The van der Waals surface area contributed by atoms with Crippen LogP contribution >= 0.6 is 0 Å². The number of rotatable bonds is 12. The number of nitrogens with one attached hydrogen (secondary N) is 10. The number of carbonyl (C=O) groups is 9. The Labute approximate surface area is 439 Å². The average molecular weight is 1050 g/mol. The molecule has 8 amide bonds. The van der Waals surface area contributed by atoms with E-state index in [2.05, 4.69) is 67.8 Å². The lowest BCUT2D eigenvalue weighted by Crippen LogP contribution is -2.61. The number of imidazole rings is 1. The Morgan fingerprint density at radius 3 is 2.14 bits per heavy atom. The molecule has 11 N–H and O–H groups in total. The molecule has 7 heterocycles. The summed E-state index contributed by atoms with van der Waals surface area (Å²) in [6.45, 7) is 14.2. The zero-order valence-corrected chi connectivity index (χ0v) is 44.1. The molecule has 8 atom stereocenters. The van der Waals surface area contributed by atoms with Crippen molar-refractivity contribution >= 4 is 70.1 Å². The number of fused-ring (bicyclic) bond motifs is 13. The lowest BCUT2D eigenvalue weighted by atomic mass is 9.81. The van der Waals surface area contributed by atoms with Crippen LogP contribution in [0.2, 0.25) is 0 Å². The number of aryl methyl sites for hydroxylation is 2. The molecule has 4 aliphatic heterocycles. The third-order valence-corrected chi connectivity index (χ3v) is 13.8. The number of aromatic amines is 1. The second-order valence-corrected chi connectivity index (χ2v) is 21.1. The number of anilines is 1. The number of H-pyrrole nitrogens is 1. The third kappa shape index (κ3) is 13.7. The zero-order chi connectivity index (χ0) is 55.1. The molecule has 0 unspecified atom stereocenters. The van der Waals surface area contributed by atoms with Crippen LogP contribution in [-0.2, 0) is 56.0 Å². The second kappa shape index (κ2) is 24.2. The van der Waals surface area contributed by atoms with Crippen LogP contribution in [0, 0.1) is 31.6 Å². The molecule has 3 aromatic heterocycles. The Kier molecular flexibility index (Phi) is 17.8. The number of benzene rings is 1. The molecule has 408 valence electrons. The highest BCUT2D eigenvalue weighted by molar-refractivity contribution is 5.99. The zero-order valence-electron chi connectivity index (χ0n) is 44.1. The highest BCUT2D eigenvalue weighted by Crippen LogP contribution is 2.35. The fraction of sp³-hybridized carbons (Fsp3) is 0.538. The van der Waals surface area contributed by atoms with Gasteiger partial charge in [-0.25, -0.2) is 19.7 Å². The summed E-state index contributed by atoms with van der Waals surface area (Å²) in [5.74, 6) is -7.73. The standard InChI is InChI=1S/C52H70N14O10/c1-24(2)16-36-48(72)64-42(26(5)6)49(73)63-37-20-32-31-12-11-29(41(25(3)4)43(50(74)62-36)65-46(70)34-13-14-39(67)58-34)18-35(31)60-44(32)66-22-30(55-23-66)19-38(51(75)76)59-40(68)21-54-45(69)33(61-47(37)71)10-9-15-53-52-56-27(7)17-28(8)57-52/h11-12,17-18,22-26,33-34,36-38,41-43,60H,9-10,13-16,19-21H2,1-8H3,(H,54,69)(H,58,67)(H,59,68)(H,61,71)(H,62,74)(H,63,73)(H,64,72)(H,65,70)(H,75,76)(H,53,56,57)/t33-,34-,36-,37-,38+,41+,42-,43-/m0/s1. The normalized spacial score (nSPS) is 24.1. The van der Waals surface area contributed by atoms with Crippen molar-refractivity contribution in [3.05, 3.63) is 65.0 Å². The number of aromatic nitrogens is 5. The molecule has 24 nitrogen and oxygen atoms in total. The van der Waals surface area contributed by atoms with Gasteiger partial charge in [0.15, 0.2) is 0 Å². The molecule has 1 saturated heterocycles. The van der Waals surface area contributed by atoms with Crippen LogP contribution in [0.25, 0.3) is 16.7 Å². The van der Waals surface area contributed by atoms with E-state index in [0.29, 0.717) is 33.8 Å². The number of carbonyl (C=O) groups excluding carboxylic acids is 8. The largest absolute Gasteiger partial charge is 0.480 e. The Bertz CT molecular complexity index is 2860. The van der Waals surface area contributed by atoms with Gasteiger partial charge >= 0.3 is 5.97 Å². The first-order valence-electron chi connectivity index (χ1n) is 25.9. The maximum Gasteiger partial charge on any atom is 0.326 e. The first-order valence-corrected chi connectivity index (χ1v) is 25.9. The Morgan fingerprint density at radius 2 is 1.49 bits per heavy atom. The van der Waals surface area contributed by atoms with E-state index >= 15 is 4.79 Å². The van der Waals surface area contributed by atoms with E-state index in [0.717, 1.165) is 11.4 Å². The van der Waals surface area contributed by atoms with E-state index < -0.39 is 108 Å². The number of hydrogen-bond donors (Lipinski definition) is 11. The molecule has 4 aromatic rings. The van der Waals surface area contributed by atoms with Gasteiger partial charge in [0.25, 0.3) is 0 Å². The van der Waals surface area contributed by atoms with Crippen LogP contribution < -0.4 is 47.9 Å². The Hall–Kier alpha value is -7.92. The number of carboxylic acid groups (broad SMARTS) is 1. The topological polar surface area (TPSA) is 342 Å². The SMILES string of the molecule is Cc1cc(C)nc(NCCC[C@@H]2NC(=O)[C@@H]3Cc4c([nH]c5cc(ccc45)[C@@H](C(C)C)[C@H](NC(=O)[C@@H]4CCC(=O)N4)C(=O)N[C@@H](CC(C)C)C(=O)N[C@@H](C(C)C)C(=O)N3)-n3cnc(c3)C[C@H](C(=O)O)NC(=O)CNC2=O)n1. The molecule has 1 aromatic carbocycles. The minimum atomic E-state index is -1.45. The quantitative estimate of drug-likeness (QED) is 0.0684.